The molecule has 32 heavy (non-hydrogen) atoms. The highest BCUT2D eigenvalue weighted by Crippen LogP contribution is 2.36. The van der Waals surface area contributed by atoms with Crippen LogP contribution in [0.4, 0.5) is 13.2 Å². The molecular formula is C24H35F3N2O2S. The van der Waals surface area contributed by atoms with E-state index in [0.717, 1.165) is 74.1 Å². The molecule has 1 aromatic rings. The van der Waals surface area contributed by atoms with Gasteiger partial charge < -0.3 is 9.64 Å². The Morgan fingerprint density at radius 3 is 2.38 bits per heavy atom. The number of ether oxygens (including phenoxy) is 1. The normalized spacial score (nSPS) is 24.7. The number of ketones is 1. The van der Waals surface area contributed by atoms with Gasteiger partial charge in [0.05, 0.1) is 5.69 Å². The summed E-state index contributed by atoms with van der Waals surface area (Å²) >= 11 is 1.26. The van der Waals surface area contributed by atoms with E-state index in [0.29, 0.717) is 11.7 Å². The van der Waals surface area contributed by atoms with Gasteiger partial charge in [-0.2, -0.15) is 13.2 Å². The molecule has 4 rings (SSSR count). The van der Waals surface area contributed by atoms with Gasteiger partial charge in [0.1, 0.15) is 5.78 Å². The van der Waals surface area contributed by atoms with Crippen molar-refractivity contribution in [2.24, 2.45) is 17.8 Å². The fraction of sp³-hybridized carbons (Fsp3) is 0.833. The van der Waals surface area contributed by atoms with Gasteiger partial charge in [-0.3, -0.25) is 4.79 Å². The first-order valence-corrected chi connectivity index (χ1v) is 13.1. The summed E-state index contributed by atoms with van der Waals surface area (Å²) in [6, 6.07) is 0. The molecular weight excluding hydrogens is 437 g/mol. The van der Waals surface area contributed by atoms with E-state index in [9.17, 15) is 18.0 Å². The fourth-order valence-electron chi connectivity index (χ4n) is 5.10. The highest BCUT2D eigenvalue weighted by Gasteiger charge is 2.30. The Kier molecular flexibility index (Phi) is 8.13. The summed E-state index contributed by atoms with van der Waals surface area (Å²) in [6.45, 7) is 1.63. The lowest BCUT2D eigenvalue weighted by Gasteiger charge is -2.30. The number of carbonyl (C=O) groups excluding carboxylic acids is 1. The molecule has 0 bridgehead atoms. The monoisotopic (exact) mass is 472 g/mol. The molecule has 2 heterocycles. The maximum atomic E-state index is 12.3. The lowest BCUT2D eigenvalue weighted by atomic mass is 9.78. The van der Waals surface area contributed by atoms with Crippen LogP contribution in [0.2, 0.25) is 0 Å². The summed E-state index contributed by atoms with van der Waals surface area (Å²) in [6.07, 6.45) is 8.73. The molecule has 0 radical (unpaired) electrons. The van der Waals surface area contributed by atoms with Crippen LogP contribution in [-0.2, 0) is 17.6 Å². The van der Waals surface area contributed by atoms with Gasteiger partial charge in [-0.05, 0) is 56.4 Å². The summed E-state index contributed by atoms with van der Waals surface area (Å²) in [7, 11) is 0. The summed E-state index contributed by atoms with van der Waals surface area (Å²) in [5.41, 5.74) is 0.904. The number of thiazole rings is 1. The zero-order valence-electron chi connectivity index (χ0n) is 18.8. The van der Waals surface area contributed by atoms with Crippen LogP contribution in [0.5, 0.6) is 5.19 Å². The predicted octanol–water partition coefficient (Wildman–Crippen LogP) is 5.83. The van der Waals surface area contributed by atoms with E-state index in [1.165, 1.54) is 56.3 Å². The van der Waals surface area contributed by atoms with Crippen molar-refractivity contribution in [2.45, 2.75) is 83.2 Å². The van der Waals surface area contributed by atoms with Crippen LogP contribution < -0.4 is 4.74 Å². The smallest absolute Gasteiger partial charge is 0.422 e. The second-order valence-corrected chi connectivity index (χ2v) is 11.0. The molecule has 2 saturated carbocycles. The molecule has 8 heteroatoms. The van der Waals surface area contributed by atoms with Crippen LogP contribution in [0.1, 0.15) is 74.8 Å². The molecule has 0 N–H and O–H groups in total. The number of halogens is 3. The maximum Gasteiger partial charge on any atom is 0.422 e. The first-order valence-electron chi connectivity index (χ1n) is 12.3. The van der Waals surface area contributed by atoms with Crippen molar-refractivity contribution in [1.82, 2.24) is 9.88 Å². The van der Waals surface area contributed by atoms with E-state index < -0.39 is 12.8 Å². The number of Topliss-reactive ketones (excluding diaryl/α,β-unsaturated/α-hetero) is 1. The van der Waals surface area contributed by atoms with Crippen LogP contribution >= 0.6 is 11.3 Å². The molecule has 0 aromatic carbocycles. The van der Waals surface area contributed by atoms with Crippen LogP contribution in [0.15, 0.2) is 0 Å². The van der Waals surface area contributed by atoms with E-state index >= 15 is 0 Å². The van der Waals surface area contributed by atoms with Gasteiger partial charge in [0.2, 0.25) is 0 Å². The van der Waals surface area contributed by atoms with Crippen LogP contribution in [0.25, 0.3) is 0 Å². The number of carbonyl (C=O) groups is 1. The fourth-order valence-corrected chi connectivity index (χ4v) is 6.04. The molecule has 180 valence electrons. The SMILES string of the molecule is O=C(CCC1CC1)CC1CCC(CCN2CCc3nc(OCC(F)(F)F)sc3CC2)CC1. The number of hydrogen-bond acceptors (Lipinski definition) is 5. The van der Waals surface area contributed by atoms with Crippen molar-refractivity contribution in [3.63, 3.8) is 0 Å². The maximum absolute atomic E-state index is 12.3. The average Bonchev–Trinajstić information content (AvgIpc) is 3.53. The number of fused-ring (bicyclic) bond motifs is 1. The third-order valence-corrected chi connectivity index (χ3v) is 8.37. The number of rotatable bonds is 10. The third-order valence-electron chi connectivity index (χ3n) is 7.30. The van der Waals surface area contributed by atoms with Crippen LogP contribution in [0.3, 0.4) is 0 Å². The van der Waals surface area contributed by atoms with Gasteiger partial charge in [-0.25, -0.2) is 4.98 Å². The third kappa shape index (κ3) is 7.72. The van der Waals surface area contributed by atoms with Crippen molar-refractivity contribution >= 4 is 17.1 Å². The highest BCUT2D eigenvalue weighted by atomic mass is 32.1. The molecule has 2 fully saturated rings. The molecule has 0 saturated heterocycles. The average molecular weight is 473 g/mol. The Balaban J connectivity index is 1.12. The minimum atomic E-state index is -4.33. The van der Waals surface area contributed by atoms with Gasteiger partial charge in [-0.1, -0.05) is 37.0 Å². The lowest BCUT2D eigenvalue weighted by Crippen LogP contribution is -2.29. The van der Waals surface area contributed by atoms with Gasteiger partial charge in [0, 0.05) is 37.2 Å². The van der Waals surface area contributed by atoms with Crippen molar-refractivity contribution < 1.29 is 22.7 Å². The van der Waals surface area contributed by atoms with E-state index in [-0.39, 0.29) is 5.19 Å². The number of nitrogens with zero attached hydrogens (tertiary/aromatic N) is 2. The van der Waals surface area contributed by atoms with Gasteiger partial charge >= 0.3 is 6.18 Å². The second kappa shape index (κ2) is 10.9. The molecule has 1 aliphatic heterocycles. The van der Waals surface area contributed by atoms with Crippen molar-refractivity contribution in [3.8, 4) is 5.19 Å². The Morgan fingerprint density at radius 2 is 1.66 bits per heavy atom. The topological polar surface area (TPSA) is 42.4 Å². The van der Waals surface area contributed by atoms with Crippen LogP contribution in [-0.4, -0.2) is 48.1 Å². The largest absolute Gasteiger partial charge is 0.460 e. The van der Waals surface area contributed by atoms with Crippen LogP contribution in [0, 0.1) is 17.8 Å². The molecule has 3 aliphatic rings. The summed E-state index contributed by atoms with van der Waals surface area (Å²) < 4.78 is 41.9. The minimum absolute atomic E-state index is 0.142. The first kappa shape index (κ1) is 24.0. The number of hydrogen-bond donors (Lipinski definition) is 0. The first-order chi connectivity index (χ1) is 15.3. The van der Waals surface area contributed by atoms with Crippen molar-refractivity contribution in [3.05, 3.63) is 10.6 Å². The van der Waals surface area contributed by atoms with Gasteiger partial charge in [0.15, 0.2) is 6.61 Å². The Bertz CT molecular complexity index is 729. The van der Waals surface area contributed by atoms with Gasteiger partial charge in [0.25, 0.3) is 5.19 Å². The molecule has 0 spiro atoms. The van der Waals surface area contributed by atoms with Gasteiger partial charge in [-0.15, -0.1) is 0 Å². The molecule has 0 atom stereocenters. The number of aromatic nitrogens is 1. The number of alkyl halides is 3. The van der Waals surface area contributed by atoms with E-state index in [1.54, 1.807) is 0 Å². The molecule has 1 aromatic heterocycles. The predicted molar refractivity (Wildman–Crippen MR) is 119 cm³/mol. The summed E-state index contributed by atoms with van der Waals surface area (Å²) in [5, 5.41) is 0.142. The second-order valence-electron chi connectivity index (χ2n) is 10.00. The zero-order chi connectivity index (χ0) is 22.6. The Labute approximate surface area is 192 Å². The lowest BCUT2D eigenvalue weighted by molar-refractivity contribution is -0.153. The quantitative estimate of drug-likeness (QED) is 0.430. The highest BCUT2D eigenvalue weighted by molar-refractivity contribution is 7.13. The zero-order valence-corrected chi connectivity index (χ0v) is 19.6. The van der Waals surface area contributed by atoms with E-state index in [4.69, 9.17) is 4.74 Å². The molecule has 0 amide bonds. The van der Waals surface area contributed by atoms with E-state index in [2.05, 4.69) is 9.88 Å². The van der Waals surface area contributed by atoms with Crippen molar-refractivity contribution in [1.29, 1.82) is 0 Å². The molecule has 2 aliphatic carbocycles. The Morgan fingerprint density at radius 1 is 1.00 bits per heavy atom. The Hall–Kier alpha value is -1.15. The summed E-state index contributed by atoms with van der Waals surface area (Å²) in [5.74, 6) is 2.69. The van der Waals surface area contributed by atoms with Crippen molar-refractivity contribution in [2.75, 3.05) is 26.2 Å². The molecule has 4 nitrogen and oxygen atoms in total. The standard InChI is InChI=1S/C24H35F3N2O2S/c25-24(26,27)16-31-23-28-21-10-13-29(14-11-22(21)32-23)12-9-18-3-5-19(6-4-18)15-20(30)8-7-17-1-2-17/h17-19H,1-16H2. The van der Waals surface area contributed by atoms with E-state index in [1.807, 2.05) is 0 Å². The summed E-state index contributed by atoms with van der Waals surface area (Å²) in [4.78, 5) is 20.0. The molecule has 0 unspecified atom stereocenters. The minimum Gasteiger partial charge on any atom is -0.460 e.